The minimum atomic E-state index is 0.216. The van der Waals surface area contributed by atoms with Crippen LogP contribution in [-0.4, -0.2) is 41.8 Å². The zero-order valence-corrected chi connectivity index (χ0v) is 20.9. The molecule has 1 saturated heterocycles. The van der Waals surface area contributed by atoms with Crippen molar-refractivity contribution >= 4 is 34.2 Å². The van der Waals surface area contributed by atoms with Crippen LogP contribution in [0.2, 0.25) is 5.02 Å². The van der Waals surface area contributed by atoms with Crippen LogP contribution in [0.25, 0.3) is 0 Å². The first kappa shape index (κ1) is 21.9. The molecule has 174 valence electrons. The van der Waals surface area contributed by atoms with Crippen molar-refractivity contribution in [3.8, 4) is 0 Å². The summed E-state index contributed by atoms with van der Waals surface area (Å²) in [6.07, 6.45) is 8.39. The summed E-state index contributed by atoms with van der Waals surface area (Å²) in [7, 11) is 0. The highest BCUT2D eigenvalue weighted by Crippen LogP contribution is 2.57. The first-order valence-corrected chi connectivity index (χ1v) is 14.0. The van der Waals surface area contributed by atoms with Crippen molar-refractivity contribution in [2.45, 2.75) is 49.8 Å². The van der Waals surface area contributed by atoms with E-state index in [0.717, 1.165) is 54.7 Å². The number of aliphatic imine (C=N–C) groups is 1. The van der Waals surface area contributed by atoms with Crippen molar-refractivity contribution in [2.75, 3.05) is 31.1 Å². The van der Waals surface area contributed by atoms with Gasteiger partial charge in [-0.05, 0) is 86.1 Å². The van der Waals surface area contributed by atoms with Gasteiger partial charge in [0.25, 0.3) is 0 Å². The highest BCUT2D eigenvalue weighted by atomic mass is 35.5. The average molecular weight is 480 g/mol. The molecule has 0 aromatic heterocycles. The summed E-state index contributed by atoms with van der Waals surface area (Å²) in [6, 6.07) is 19.2. The molecule has 0 atom stereocenters. The van der Waals surface area contributed by atoms with E-state index in [4.69, 9.17) is 16.6 Å². The lowest BCUT2D eigenvalue weighted by Gasteiger charge is -2.55. The van der Waals surface area contributed by atoms with E-state index in [9.17, 15) is 0 Å². The number of piperazine rings is 1. The Labute approximate surface area is 207 Å². The molecule has 2 aromatic carbocycles. The summed E-state index contributed by atoms with van der Waals surface area (Å²) in [5.74, 6) is 3.74. The lowest BCUT2D eigenvalue weighted by molar-refractivity contribution is 0.00131. The number of nitrogens with zero attached hydrogens (tertiary/aromatic N) is 3. The van der Waals surface area contributed by atoms with Gasteiger partial charge in [0.2, 0.25) is 0 Å². The molecule has 33 heavy (non-hydrogen) atoms. The van der Waals surface area contributed by atoms with Crippen LogP contribution in [0.15, 0.2) is 59.6 Å². The number of amidine groups is 1. The summed E-state index contributed by atoms with van der Waals surface area (Å²) in [5, 5.41) is 2.10. The molecule has 3 nitrogen and oxygen atoms in total. The third-order valence-electron chi connectivity index (χ3n) is 8.29. The van der Waals surface area contributed by atoms with Crippen LogP contribution < -0.4 is 4.90 Å². The quantitative estimate of drug-likeness (QED) is 0.358. The van der Waals surface area contributed by atoms with Crippen LogP contribution in [0.4, 0.5) is 5.69 Å². The third-order valence-corrected chi connectivity index (χ3v) is 9.63. The van der Waals surface area contributed by atoms with Gasteiger partial charge in [-0.15, -0.1) is 0 Å². The van der Waals surface area contributed by atoms with Crippen LogP contribution in [0.5, 0.6) is 0 Å². The lowest BCUT2D eigenvalue weighted by Crippen LogP contribution is -2.52. The van der Waals surface area contributed by atoms with Gasteiger partial charge < -0.3 is 9.80 Å². The van der Waals surface area contributed by atoms with Crippen molar-refractivity contribution in [3.05, 3.63) is 65.2 Å². The SMILES string of the molecule is Clc1ccc(CSC(=NC23CC4CC(CC(C4)C2)C3)N2CCN(c3ccccc3)CC2)cc1. The maximum absolute atomic E-state index is 6.12. The van der Waals surface area contributed by atoms with Crippen molar-refractivity contribution in [2.24, 2.45) is 22.7 Å². The zero-order valence-electron chi connectivity index (χ0n) is 19.3. The first-order chi connectivity index (χ1) is 16.1. The Hall–Kier alpha value is -1.65. The molecule has 5 fully saturated rings. The fraction of sp³-hybridized carbons (Fsp3) is 0.536. The van der Waals surface area contributed by atoms with E-state index in [1.54, 1.807) is 0 Å². The Bertz CT molecular complexity index is 947. The van der Waals surface area contributed by atoms with Gasteiger partial charge in [-0.1, -0.05) is 53.7 Å². The molecule has 0 N–H and O–H groups in total. The molecule has 0 amide bonds. The van der Waals surface area contributed by atoms with Crippen LogP contribution >= 0.6 is 23.4 Å². The minimum Gasteiger partial charge on any atom is -0.368 e. The Morgan fingerprint density at radius 2 is 1.45 bits per heavy atom. The van der Waals surface area contributed by atoms with Crippen molar-refractivity contribution in [1.29, 1.82) is 0 Å². The van der Waals surface area contributed by atoms with E-state index < -0.39 is 0 Å². The predicted molar refractivity (Wildman–Crippen MR) is 141 cm³/mol. The molecular formula is C28H34ClN3S. The molecule has 2 aromatic rings. The molecule has 4 saturated carbocycles. The number of para-hydroxylation sites is 1. The molecule has 1 aliphatic heterocycles. The number of anilines is 1. The summed E-state index contributed by atoms with van der Waals surface area (Å²) in [6.45, 7) is 4.22. The second-order valence-corrected chi connectivity index (χ2v) is 12.1. The molecule has 1 heterocycles. The van der Waals surface area contributed by atoms with E-state index in [2.05, 4.69) is 52.3 Å². The molecular weight excluding hydrogens is 446 g/mol. The number of hydrogen-bond donors (Lipinski definition) is 0. The normalized spacial score (nSPS) is 31.3. The summed E-state index contributed by atoms with van der Waals surface area (Å²) in [5.41, 5.74) is 2.88. The Morgan fingerprint density at radius 3 is 2.06 bits per heavy atom. The molecule has 0 unspecified atom stereocenters. The maximum atomic E-state index is 6.12. The molecule has 7 rings (SSSR count). The number of thioether (sulfide) groups is 1. The average Bonchev–Trinajstić information content (AvgIpc) is 2.83. The lowest BCUT2D eigenvalue weighted by atomic mass is 9.53. The second-order valence-electron chi connectivity index (χ2n) is 10.8. The maximum Gasteiger partial charge on any atom is 0.160 e. The van der Waals surface area contributed by atoms with Crippen LogP contribution in [0.1, 0.15) is 44.1 Å². The van der Waals surface area contributed by atoms with E-state index in [-0.39, 0.29) is 5.54 Å². The molecule has 4 bridgehead atoms. The highest BCUT2D eigenvalue weighted by molar-refractivity contribution is 8.13. The van der Waals surface area contributed by atoms with Crippen molar-refractivity contribution < 1.29 is 0 Å². The van der Waals surface area contributed by atoms with E-state index in [1.807, 2.05) is 23.9 Å². The van der Waals surface area contributed by atoms with Gasteiger partial charge in [0.15, 0.2) is 5.17 Å². The predicted octanol–water partition coefficient (Wildman–Crippen LogP) is 6.72. The number of hydrogen-bond acceptors (Lipinski definition) is 3. The van der Waals surface area contributed by atoms with E-state index in [1.165, 1.54) is 54.9 Å². The molecule has 0 radical (unpaired) electrons. The Kier molecular flexibility index (Phi) is 6.08. The van der Waals surface area contributed by atoms with Crippen LogP contribution in [0.3, 0.4) is 0 Å². The Balaban J connectivity index is 1.21. The van der Waals surface area contributed by atoms with Gasteiger partial charge in [0.05, 0.1) is 5.54 Å². The highest BCUT2D eigenvalue weighted by Gasteiger charge is 2.51. The first-order valence-electron chi connectivity index (χ1n) is 12.7. The standard InChI is InChI=1S/C28H34ClN3S/c29-25-8-6-21(7-9-25)20-33-27(30-28-17-22-14-23(18-28)16-24(15-22)19-28)32-12-10-31(11-13-32)26-4-2-1-3-5-26/h1-9,22-24H,10-20H2. The van der Waals surface area contributed by atoms with Crippen molar-refractivity contribution in [3.63, 3.8) is 0 Å². The number of rotatable bonds is 4. The summed E-state index contributed by atoms with van der Waals surface area (Å²) < 4.78 is 0. The van der Waals surface area contributed by atoms with E-state index in [0.29, 0.717) is 0 Å². The monoisotopic (exact) mass is 479 g/mol. The van der Waals surface area contributed by atoms with Crippen molar-refractivity contribution in [1.82, 2.24) is 4.90 Å². The summed E-state index contributed by atoms with van der Waals surface area (Å²) >= 11 is 8.07. The zero-order chi connectivity index (χ0) is 22.3. The Morgan fingerprint density at radius 1 is 0.848 bits per heavy atom. The van der Waals surface area contributed by atoms with Gasteiger partial charge >= 0.3 is 0 Å². The second kappa shape index (κ2) is 9.19. The van der Waals surface area contributed by atoms with Gasteiger partial charge in [-0.25, -0.2) is 0 Å². The number of halogens is 1. The smallest absolute Gasteiger partial charge is 0.160 e. The van der Waals surface area contributed by atoms with E-state index >= 15 is 0 Å². The minimum absolute atomic E-state index is 0.216. The number of benzene rings is 2. The topological polar surface area (TPSA) is 18.8 Å². The van der Waals surface area contributed by atoms with Crippen LogP contribution in [0, 0.1) is 17.8 Å². The molecule has 0 spiro atoms. The molecule has 5 heteroatoms. The van der Waals surface area contributed by atoms with Gasteiger partial charge in [0.1, 0.15) is 0 Å². The largest absolute Gasteiger partial charge is 0.368 e. The van der Waals surface area contributed by atoms with Crippen LogP contribution in [-0.2, 0) is 5.75 Å². The van der Waals surface area contributed by atoms with Gasteiger partial charge in [-0.3, -0.25) is 4.99 Å². The van der Waals surface area contributed by atoms with Gasteiger partial charge in [-0.2, -0.15) is 0 Å². The fourth-order valence-electron chi connectivity index (χ4n) is 7.12. The van der Waals surface area contributed by atoms with Gasteiger partial charge in [0, 0.05) is 42.6 Å². The summed E-state index contributed by atoms with van der Waals surface area (Å²) in [4.78, 5) is 10.8. The molecule has 5 aliphatic rings. The fourth-order valence-corrected chi connectivity index (χ4v) is 8.36. The third kappa shape index (κ3) is 4.79. The molecule has 4 aliphatic carbocycles.